The maximum absolute atomic E-state index is 12.0. The molecule has 0 radical (unpaired) electrons. The number of halogens is 1. The Balaban J connectivity index is 1.70. The standard InChI is InChI=1S/C12H16ClN3O3S2/c13-21(18,19)7-8-5-10(17)16(6-8)12-15-14-11(20-12)9-3-1-2-4-9/h8-9H,1-7H2. The molecule has 6 nitrogen and oxygen atoms in total. The summed E-state index contributed by atoms with van der Waals surface area (Å²) in [7, 11) is 1.68. The van der Waals surface area contributed by atoms with Crippen LogP contribution < -0.4 is 4.90 Å². The Morgan fingerprint density at radius 1 is 1.29 bits per heavy atom. The number of anilines is 1. The highest BCUT2D eigenvalue weighted by molar-refractivity contribution is 8.13. The molecule has 0 bridgehead atoms. The summed E-state index contributed by atoms with van der Waals surface area (Å²) >= 11 is 1.45. The topological polar surface area (TPSA) is 80.2 Å². The van der Waals surface area contributed by atoms with Crippen molar-refractivity contribution in [2.75, 3.05) is 17.2 Å². The van der Waals surface area contributed by atoms with Gasteiger partial charge in [-0.2, -0.15) is 0 Å². The first-order chi connectivity index (χ1) is 9.92. The quantitative estimate of drug-likeness (QED) is 0.778. The van der Waals surface area contributed by atoms with Crippen molar-refractivity contribution in [2.24, 2.45) is 5.92 Å². The number of aromatic nitrogens is 2. The molecular formula is C12H16ClN3O3S2. The summed E-state index contributed by atoms with van der Waals surface area (Å²) < 4.78 is 22.3. The smallest absolute Gasteiger partial charge is 0.232 e. The number of carbonyl (C=O) groups excluding carboxylic acids is 1. The molecule has 0 N–H and O–H groups in total. The zero-order valence-electron chi connectivity index (χ0n) is 11.4. The van der Waals surface area contributed by atoms with E-state index in [-0.39, 0.29) is 24.0 Å². The molecule has 3 rings (SSSR count). The predicted octanol–water partition coefficient (Wildman–Crippen LogP) is 2.12. The SMILES string of the molecule is O=C1CC(CS(=O)(=O)Cl)CN1c1nnc(C2CCCC2)s1. The molecule has 21 heavy (non-hydrogen) atoms. The van der Waals surface area contributed by atoms with E-state index in [0.717, 1.165) is 17.8 Å². The summed E-state index contributed by atoms with van der Waals surface area (Å²) in [5.74, 6) is -0.0771. The lowest BCUT2D eigenvalue weighted by Crippen LogP contribution is -2.25. The molecule has 1 aromatic heterocycles. The molecule has 1 aromatic rings. The summed E-state index contributed by atoms with van der Waals surface area (Å²) in [5.41, 5.74) is 0. The first-order valence-electron chi connectivity index (χ1n) is 6.98. The van der Waals surface area contributed by atoms with Gasteiger partial charge in [-0.05, 0) is 12.8 Å². The summed E-state index contributed by atoms with van der Waals surface area (Å²) in [5, 5.41) is 9.89. The number of hydrogen-bond donors (Lipinski definition) is 0. The van der Waals surface area contributed by atoms with Crippen LogP contribution in [0.3, 0.4) is 0 Å². The Labute approximate surface area is 131 Å². The third-order valence-corrected chi connectivity index (χ3v) is 6.36. The van der Waals surface area contributed by atoms with Gasteiger partial charge in [0.1, 0.15) is 5.01 Å². The van der Waals surface area contributed by atoms with Crippen molar-refractivity contribution in [3.8, 4) is 0 Å². The summed E-state index contributed by atoms with van der Waals surface area (Å²) in [6, 6.07) is 0. The van der Waals surface area contributed by atoms with Crippen molar-refractivity contribution in [1.82, 2.24) is 10.2 Å². The maximum atomic E-state index is 12.0. The van der Waals surface area contributed by atoms with Crippen LogP contribution in [-0.4, -0.2) is 36.8 Å². The number of amides is 1. The van der Waals surface area contributed by atoms with Crippen molar-refractivity contribution >= 4 is 42.1 Å². The number of nitrogens with zero attached hydrogens (tertiary/aromatic N) is 3. The largest absolute Gasteiger partial charge is 0.286 e. The van der Waals surface area contributed by atoms with Crippen molar-refractivity contribution in [1.29, 1.82) is 0 Å². The fraction of sp³-hybridized carbons (Fsp3) is 0.750. The van der Waals surface area contributed by atoms with Gasteiger partial charge in [-0.3, -0.25) is 9.69 Å². The predicted molar refractivity (Wildman–Crippen MR) is 81.2 cm³/mol. The summed E-state index contributed by atoms with van der Waals surface area (Å²) in [4.78, 5) is 13.6. The van der Waals surface area contributed by atoms with Crippen LogP contribution in [0.25, 0.3) is 0 Å². The second kappa shape index (κ2) is 5.81. The lowest BCUT2D eigenvalue weighted by atomic mass is 10.1. The lowest BCUT2D eigenvalue weighted by Gasteiger charge is -2.11. The van der Waals surface area contributed by atoms with Crippen LogP contribution >= 0.6 is 22.0 Å². The molecule has 2 aliphatic rings. The fourth-order valence-electron chi connectivity index (χ4n) is 3.03. The van der Waals surface area contributed by atoms with Crippen molar-refractivity contribution < 1.29 is 13.2 Å². The minimum atomic E-state index is -3.58. The minimum absolute atomic E-state index is 0.102. The Kier molecular flexibility index (Phi) is 4.20. The highest BCUT2D eigenvalue weighted by atomic mass is 35.7. The van der Waals surface area contributed by atoms with Crippen LogP contribution in [0.4, 0.5) is 5.13 Å². The molecule has 0 aromatic carbocycles. The molecular weight excluding hydrogens is 334 g/mol. The normalized spacial score (nSPS) is 24.1. The number of rotatable bonds is 4. The number of hydrogen-bond acceptors (Lipinski definition) is 6. The van der Waals surface area contributed by atoms with E-state index in [0.29, 0.717) is 17.6 Å². The molecule has 1 atom stereocenters. The third kappa shape index (κ3) is 3.54. The van der Waals surface area contributed by atoms with Crippen LogP contribution in [0, 0.1) is 5.92 Å². The van der Waals surface area contributed by atoms with E-state index in [4.69, 9.17) is 10.7 Å². The van der Waals surface area contributed by atoms with Crippen LogP contribution in [0.2, 0.25) is 0 Å². The Bertz CT molecular complexity index is 640. The van der Waals surface area contributed by atoms with Gasteiger partial charge in [-0.25, -0.2) is 8.42 Å². The number of carbonyl (C=O) groups is 1. The Morgan fingerprint density at radius 2 is 2.00 bits per heavy atom. The van der Waals surface area contributed by atoms with Gasteiger partial charge in [0, 0.05) is 35.5 Å². The molecule has 1 unspecified atom stereocenters. The van der Waals surface area contributed by atoms with Gasteiger partial charge in [0.25, 0.3) is 0 Å². The van der Waals surface area contributed by atoms with Crippen LogP contribution in [0.15, 0.2) is 0 Å². The van der Waals surface area contributed by atoms with Crippen LogP contribution in [0.5, 0.6) is 0 Å². The summed E-state index contributed by atoms with van der Waals surface area (Å²) in [6.07, 6.45) is 4.91. The third-order valence-electron chi connectivity index (χ3n) is 4.01. The molecule has 116 valence electrons. The summed E-state index contributed by atoms with van der Waals surface area (Å²) in [6.45, 7) is 0.351. The average Bonchev–Trinajstić information content (AvgIpc) is 3.06. The second-order valence-electron chi connectivity index (χ2n) is 5.68. The van der Waals surface area contributed by atoms with Crippen molar-refractivity contribution in [3.05, 3.63) is 5.01 Å². The molecule has 2 heterocycles. The van der Waals surface area contributed by atoms with E-state index in [2.05, 4.69) is 10.2 Å². The van der Waals surface area contributed by atoms with Gasteiger partial charge in [-0.15, -0.1) is 10.2 Å². The highest BCUT2D eigenvalue weighted by Gasteiger charge is 2.35. The molecule has 0 spiro atoms. The van der Waals surface area contributed by atoms with Gasteiger partial charge >= 0.3 is 0 Å². The Morgan fingerprint density at radius 3 is 2.67 bits per heavy atom. The van der Waals surface area contributed by atoms with Gasteiger partial charge in [0.05, 0.1) is 5.75 Å². The molecule has 1 aliphatic carbocycles. The highest BCUT2D eigenvalue weighted by Crippen LogP contribution is 2.38. The zero-order chi connectivity index (χ0) is 15.0. The van der Waals surface area contributed by atoms with E-state index in [9.17, 15) is 13.2 Å². The lowest BCUT2D eigenvalue weighted by molar-refractivity contribution is -0.117. The van der Waals surface area contributed by atoms with E-state index in [1.807, 2.05) is 0 Å². The minimum Gasteiger partial charge on any atom is -0.286 e. The molecule has 1 saturated heterocycles. The monoisotopic (exact) mass is 349 g/mol. The van der Waals surface area contributed by atoms with Crippen molar-refractivity contribution in [3.63, 3.8) is 0 Å². The van der Waals surface area contributed by atoms with Crippen molar-refractivity contribution in [2.45, 2.75) is 38.0 Å². The molecule has 1 saturated carbocycles. The van der Waals surface area contributed by atoms with Gasteiger partial charge < -0.3 is 0 Å². The van der Waals surface area contributed by atoms with E-state index in [1.165, 1.54) is 24.2 Å². The van der Waals surface area contributed by atoms with E-state index >= 15 is 0 Å². The molecule has 2 fully saturated rings. The first-order valence-corrected chi connectivity index (χ1v) is 10.3. The van der Waals surface area contributed by atoms with Gasteiger partial charge in [-0.1, -0.05) is 24.2 Å². The van der Waals surface area contributed by atoms with Gasteiger partial charge in [0.2, 0.25) is 20.1 Å². The first kappa shape index (κ1) is 15.2. The molecule has 9 heteroatoms. The van der Waals surface area contributed by atoms with Crippen LogP contribution in [-0.2, 0) is 13.8 Å². The Hall–Kier alpha value is -0.730. The zero-order valence-corrected chi connectivity index (χ0v) is 13.8. The van der Waals surface area contributed by atoms with Gasteiger partial charge in [0.15, 0.2) is 0 Å². The second-order valence-corrected chi connectivity index (χ2v) is 9.49. The molecule has 1 aliphatic heterocycles. The van der Waals surface area contributed by atoms with E-state index in [1.54, 1.807) is 4.90 Å². The fourth-order valence-corrected chi connectivity index (χ4v) is 5.39. The molecule has 1 amide bonds. The van der Waals surface area contributed by atoms with E-state index < -0.39 is 9.05 Å². The average molecular weight is 350 g/mol. The maximum Gasteiger partial charge on any atom is 0.232 e. The van der Waals surface area contributed by atoms with Crippen LogP contribution in [0.1, 0.15) is 43.0 Å².